The van der Waals surface area contributed by atoms with Crippen LogP contribution in [-0.2, 0) is 16.5 Å². The first-order chi connectivity index (χ1) is 15.9. The maximum absolute atomic E-state index is 9.97. The molecule has 2 saturated carbocycles. The number of nitrogens with zero attached hydrogens (tertiary/aromatic N) is 4. The van der Waals surface area contributed by atoms with E-state index in [4.69, 9.17) is 5.32 Å². The molecule has 0 amide bonds. The molecule has 0 spiro atoms. The molecule has 2 aliphatic carbocycles. The largest absolute Gasteiger partial charge is 0.658 e. The molecular weight excluding hydrogens is 471 g/mol. The first-order valence-electron chi connectivity index (χ1n) is 13.7. The van der Waals surface area contributed by atoms with Crippen molar-refractivity contribution in [2.45, 2.75) is 120 Å². The van der Waals surface area contributed by atoms with Gasteiger partial charge in [-0.3, -0.25) is 0 Å². The van der Waals surface area contributed by atoms with Gasteiger partial charge in [-0.1, -0.05) is 45.1 Å². The standard InChI is InChI=1S/C14H25N2.C13H25N2O2.Ni/c1-4-12-5-7-15-13(10-12)14-9-11(2)6-8-16(14)3;1-15(11-7-3-5-9-13(11)17)14-10-6-2-4-8-12(10)16;/h4,11-14H,1,5-10H2,2-3H3;10-13,16-17H,2-9H2,1H3;/q-1;+1;. The van der Waals surface area contributed by atoms with E-state index in [9.17, 15) is 10.2 Å². The van der Waals surface area contributed by atoms with Gasteiger partial charge in [0.05, 0.1) is 6.10 Å². The Bertz CT molecular complexity index is 634. The molecule has 200 valence electrons. The van der Waals surface area contributed by atoms with E-state index < -0.39 is 0 Å². The number of azo groups is 2. The number of likely N-dealkylation sites (tertiary alicyclic amines) is 1. The summed E-state index contributed by atoms with van der Waals surface area (Å²) in [6.45, 7) is 8.61. The Balaban J connectivity index is 0.000000234. The normalized spacial score (nSPS) is 39.9. The van der Waals surface area contributed by atoms with Gasteiger partial charge in [-0.2, -0.15) is 0 Å². The fourth-order valence-corrected chi connectivity index (χ4v) is 6.23. The zero-order valence-corrected chi connectivity index (χ0v) is 22.8. The van der Waals surface area contributed by atoms with Crippen LogP contribution in [0.5, 0.6) is 0 Å². The third-order valence-corrected chi connectivity index (χ3v) is 8.57. The number of allylic oxidation sites excluding steroid dienone is 1. The molecule has 2 N–H and O–H groups in total. The van der Waals surface area contributed by atoms with Crippen LogP contribution < -0.4 is 0 Å². The van der Waals surface area contributed by atoms with Crippen LogP contribution in [0.4, 0.5) is 0 Å². The van der Waals surface area contributed by atoms with E-state index in [1.807, 2.05) is 11.7 Å². The van der Waals surface area contributed by atoms with Crippen molar-refractivity contribution in [3.8, 4) is 0 Å². The fourth-order valence-electron chi connectivity index (χ4n) is 6.23. The molecule has 0 radical (unpaired) electrons. The van der Waals surface area contributed by atoms with Crippen LogP contribution in [0, 0.1) is 11.8 Å². The second-order valence-electron chi connectivity index (χ2n) is 11.2. The molecule has 4 aliphatic rings. The predicted octanol–water partition coefficient (Wildman–Crippen LogP) is 4.74. The maximum atomic E-state index is 9.97. The zero-order chi connectivity index (χ0) is 23.8. The second-order valence-corrected chi connectivity index (χ2v) is 11.2. The number of likely N-dealkylation sites (N-methyl/N-ethyl adjacent to an activating group) is 2. The van der Waals surface area contributed by atoms with Crippen molar-refractivity contribution in [1.29, 1.82) is 0 Å². The molecule has 0 aromatic carbocycles. The Morgan fingerprint density at radius 3 is 2.32 bits per heavy atom. The SMILES string of the molecule is C=CC1CC[N-]C(C2CC(C)CCN2C)C1.C[N+](=NC1CCCCC1O)C1CCCCC1O.[Ni]. The summed E-state index contributed by atoms with van der Waals surface area (Å²) in [5.41, 5.74) is 0. The molecule has 0 aromatic rings. The Labute approximate surface area is 218 Å². The molecular formula is C27H50N4NiO2. The van der Waals surface area contributed by atoms with Crippen LogP contribution in [0.15, 0.2) is 17.8 Å². The van der Waals surface area contributed by atoms with Crippen molar-refractivity contribution in [1.82, 2.24) is 4.90 Å². The van der Waals surface area contributed by atoms with Crippen LogP contribution in [0.1, 0.15) is 84.0 Å². The number of rotatable bonds is 4. The molecule has 8 unspecified atom stereocenters. The minimum Gasteiger partial charge on any atom is -0.658 e. The molecule has 8 atom stereocenters. The van der Waals surface area contributed by atoms with E-state index in [1.54, 1.807) is 0 Å². The Morgan fingerprint density at radius 1 is 0.971 bits per heavy atom. The summed E-state index contributed by atoms with van der Waals surface area (Å²) < 4.78 is 1.92. The molecule has 2 heterocycles. The van der Waals surface area contributed by atoms with Crippen LogP contribution >= 0.6 is 0 Å². The third-order valence-electron chi connectivity index (χ3n) is 8.57. The molecule has 4 rings (SSSR count). The minimum absolute atomic E-state index is 0. The van der Waals surface area contributed by atoms with Gasteiger partial charge >= 0.3 is 0 Å². The fraction of sp³-hybridized carbons (Fsp3) is 0.926. The summed E-state index contributed by atoms with van der Waals surface area (Å²) in [5.74, 6) is 1.58. The van der Waals surface area contributed by atoms with Crippen molar-refractivity contribution >= 4 is 0 Å². The quantitative estimate of drug-likeness (QED) is 0.243. The average molecular weight is 521 g/mol. The van der Waals surface area contributed by atoms with Gasteiger partial charge in [0.15, 0.2) is 7.05 Å². The Hall–Kier alpha value is -0.326. The Kier molecular flexibility index (Phi) is 13.2. The summed E-state index contributed by atoms with van der Waals surface area (Å²) in [5, 5.41) is 29.3. The van der Waals surface area contributed by atoms with E-state index in [-0.39, 0.29) is 40.8 Å². The van der Waals surface area contributed by atoms with Gasteiger partial charge in [0, 0.05) is 22.9 Å². The molecule has 4 fully saturated rings. The van der Waals surface area contributed by atoms with Crippen molar-refractivity contribution in [3.05, 3.63) is 18.0 Å². The molecule has 7 heteroatoms. The first kappa shape index (κ1) is 29.9. The minimum atomic E-state index is -0.285. The molecule has 6 nitrogen and oxygen atoms in total. The summed E-state index contributed by atoms with van der Waals surface area (Å²) >= 11 is 0. The van der Waals surface area contributed by atoms with Gasteiger partial charge in [-0.25, -0.2) is 0 Å². The van der Waals surface area contributed by atoms with Crippen LogP contribution in [-0.4, -0.2) is 83.4 Å². The molecule has 34 heavy (non-hydrogen) atoms. The monoisotopic (exact) mass is 520 g/mol. The number of piperidine rings is 2. The van der Waals surface area contributed by atoms with E-state index in [2.05, 4.69) is 36.6 Å². The molecule has 0 aromatic heterocycles. The number of hydrogen-bond acceptors (Lipinski definition) is 4. The van der Waals surface area contributed by atoms with Crippen molar-refractivity contribution in [3.63, 3.8) is 0 Å². The smallest absolute Gasteiger partial charge is 0.203 e. The summed E-state index contributed by atoms with van der Waals surface area (Å²) in [4.78, 5) is 2.53. The third kappa shape index (κ3) is 8.66. The number of hydrogen-bond donors (Lipinski definition) is 2. The summed E-state index contributed by atoms with van der Waals surface area (Å²) in [7, 11) is 4.21. The van der Waals surface area contributed by atoms with E-state index >= 15 is 0 Å². The van der Waals surface area contributed by atoms with Gasteiger partial charge in [-0.05, 0) is 75.1 Å². The predicted molar refractivity (Wildman–Crippen MR) is 135 cm³/mol. The van der Waals surface area contributed by atoms with E-state index in [0.717, 1.165) is 57.4 Å². The molecule has 0 bridgehead atoms. The van der Waals surface area contributed by atoms with Gasteiger partial charge < -0.3 is 20.4 Å². The zero-order valence-electron chi connectivity index (χ0n) is 21.8. The maximum Gasteiger partial charge on any atom is 0.203 e. The number of aliphatic hydroxyl groups excluding tert-OH is 2. The van der Waals surface area contributed by atoms with Crippen LogP contribution in [0.2, 0.25) is 0 Å². The first-order valence-corrected chi connectivity index (χ1v) is 13.7. The summed E-state index contributed by atoms with van der Waals surface area (Å²) in [6, 6.07) is 1.44. The average Bonchev–Trinajstić information content (AvgIpc) is 2.83. The Morgan fingerprint density at radius 2 is 1.65 bits per heavy atom. The van der Waals surface area contributed by atoms with Crippen LogP contribution in [0.3, 0.4) is 0 Å². The van der Waals surface area contributed by atoms with E-state index in [0.29, 0.717) is 18.0 Å². The summed E-state index contributed by atoms with van der Waals surface area (Å²) in [6.07, 6.45) is 15.0. The van der Waals surface area contributed by atoms with Gasteiger partial charge in [0.2, 0.25) is 6.04 Å². The molecule has 2 saturated heterocycles. The van der Waals surface area contributed by atoms with Gasteiger partial charge in [0.1, 0.15) is 12.1 Å². The van der Waals surface area contributed by atoms with Gasteiger partial charge in [0.25, 0.3) is 0 Å². The van der Waals surface area contributed by atoms with Crippen molar-refractivity contribution in [2.75, 3.05) is 27.2 Å². The van der Waals surface area contributed by atoms with Crippen molar-refractivity contribution in [2.24, 2.45) is 17.0 Å². The van der Waals surface area contributed by atoms with Gasteiger partial charge in [-0.15, -0.1) is 23.9 Å². The second kappa shape index (κ2) is 15.0. The number of aliphatic hydroxyl groups is 2. The van der Waals surface area contributed by atoms with E-state index in [1.165, 1.54) is 38.6 Å². The molecule has 2 aliphatic heterocycles. The van der Waals surface area contributed by atoms with Crippen LogP contribution in [0.25, 0.3) is 5.32 Å². The topological polar surface area (TPSA) is 73.2 Å². The van der Waals surface area contributed by atoms with Crippen molar-refractivity contribution < 1.29 is 31.4 Å².